The van der Waals surface area contributed by atoms with Crippen LogP contribution in [0.1, 0.15) is 329 Å². The SMILES string of the molecule is CCCCC/C=C\C/C=C\CCCCCCCCCC(=O)OC[C@H](COC(=O)CCCCCCCCC/C=C\CCCCCC)OC(=O)CCCCCCCCCCCCCCCCCCCCC. The van der Waals surface area contributed by atoms with Gasteiger partial charge in [0.05, 0.1) is 0 Å². The van der Waals surface area contributed by atoms with Gasteiger partial charge in [0.1, 0.15) is 13.2 Å². The normalized spacial score (nSPS) is 12.2. The van der Waals surface area contributed by atoms with Gasteiger partial charge in [-0.2, -0.15) is 0 Å². The lowest BCUT2D eigenvalue weighted by molar-refractivity contribution is -0.167. The van der Waals surface area contributed by atoms with Crippen molar-refractivity contribution in [1.29, 1.82) is 0 Å². The van der Waals surface area contributed by atoms with Gasteiger partial charge in [0, 0.05) is 19.3 Å². The van der Waals surface area contributed by atoms with Crippen molar-refractivity contribution in [3.8, 4) is 0 Å². The van der Waals surface area contributed by atoms with Crippen LogP contribution in [0, 0.1) is 0 Å². The van der Waals surface area contributed by atoms with E-state index in [1.807, 2.05) is 0 Å². The van der Waals surface area contributed by atoms with Crippen molar-refractivity contribution < 1.29 is 28.6 Å². The van der Waals surface area contributed by atoms with Gasteiger partial charge >= 0.3 is 17.9 Å². The molecule has 69 heavy (non-hydrogen) atoms. The van der Waals surface area contributed by atoms with Gasteiger partial charge in [0.15, 0.2) is 6.10 Å². The Hall–Kier alpha value is -2.37. The first kappa shape index (κ1) is 66.6. The molecule has 0 rings (SSSR count). The van der Waals surface area contributed by atoms with Crippen molar-refractivity contribution in [2.75, 3.05) is 13.2 Å². The maximum atomic E-state index is 12.9. The van der Waals surface area contributed by atoms with E-state index in [0.717, 1.165) is 70.6 Å². The number of allylic oxidation sites excluding steroid dienone is 6. The Morgan fingerprint density at radius 2 is 0.522 bits per heavy atom. The van der Waals surface area contributed by atoms with Gasteiger partial charge in [0.25, 0.3) is 0 Å². The Balaban J connectivity index is 4.34. The average molecular weight is 970 g/mol. The fourth-order valence-electron chi connectivity index (χ4n) is 9.00. The van der Waals surface area contributed by atoms with E-state index < -0.39 is 6.10 Å². The molecule has 0 aliphatic rings. The minimum atomic E-state index is -0.775. The summed E-state index contributed by atoms with van der Waals surface area (Å²) in [5.41, 5.74) is 0. The lowest BCUT2D eigenvalue weighted by Crippen LogP contribution is -2.30. The summed E-state index contributed by atoms with van der Waals surface area (Å²) in [6.07, 6.45) is 69.9. The summed E-state index contributed by atoms with van der Waals surface area (Å²) in [6, 6.07) is 0. The number of carbonyl (C=O) groups excluding carboxylic acids is 3. The van der Waals surface area contributed by atoms with E-state index >= 15 is 0 Å². The molecule has 0 radical (unpaired) electrons. The maximum Gasteiger partial charge on any atom is 0.306 e. The van der Waals surface area contributed by atoms with Gasteiger partial charge < -0.3 is 14.2 Å². The molecule has 404 valence electrons. The number of hydrogen-bond donors (Lipinski definition) is 0. The first-order chi connectivity index (χ1) is 34.0. The van der Waals surface area contributed by atoms with Crippen molar-refractivity contribution >= 4 is 17.9 Å². The van der Waals surface area contributed by atoms with Crippen LogP contribution in [0.25, 0.3) is 0 Å². The second-order valence-electron chi connectivity index (χ2n) is 20.6. The molecule has 0 aromatic rings. The van der Waals surface area contributed by atoms with Gasteiger partial charge in [-0.05, 0) is 77.0 Å². The summed E-state index contributed by atoms with van der Waals surface area (Å²) in [5.74, 6) is -0.864. The van der Waals surface area contributed by atoms with Crippen LogP contribution in [-0.4, -0.2) is 37.2 Å². The molecule has 0 heterocycles. The van der Waals surface area contributed by atoms with Crippen LogP contribution in [0.15, 0.2) is 36.5 Å². The molecule has 0 saturated carbocycles. The zero-order chi connectivity index (χ0) is 50.0. The molecule has 0 amide bonds. The molecule has 1 atom stereocenters. The first-order valence-corrected chi connectivity index (χ1v) is 30.5. The van der Waals surface area contributed by atoms with E-state index in [0.29, 0.717) is 19.3 Å². The standard InChI is InChI=1S/C63H116O6/c1-4-7-10-13-16-19-22-25-28-30-31-33-36-39-42-45-48-51-54-57-63(66)69-60(58-67-61(64)55-52-49-46-43-40-37-34-27-24-21-18-15-12-9-6-3)59-68-62(65)56-53-50-47-44-41-38-35-32-29-26-23-20-17-14-11-8-5-2/h17,20-21,24,26,29,60H,4-16,18-19,22-23,25,27-28,30-59H2,1-3H3/b20-17-,24-21-,29-26-/t60-/m0/s1. The van der Waals surface area contributed by atoms with E-state index in [9.17, 15) is 14.4 Å². The minimum Gasteiger partial charge on any atom is -0.462 e. The summed E-state index contributed by atoms with van der Waals surface area (Å²) >= 11 is 0. The van der Waals surface area contributed by atoms with Crippen molar-refractivity contribution in [3.05, 3.63) is 36.5 Å². The monoisotopic (exact) mass is 969 g/mol. The average Bonchev–Trinajstić information content (AvgIpc) is 3.35. The fraction of sp³-hybridized carbons (Fsp3) is 0.857. The van der Waals surface area contributed by atoms with Crippen LogP contribution in [-0.2, 0) is 28.6 Å². The zero-order valence-electron chi connectivity index (χ0n) is 46.3. The Morgan fingerprint density at radius 1 is 0.290 bits per heavy atom. The molecule has 0 aliphatic heterocycles. The van der Waals surface area contributed by atoms with E-state index in [1.165, 1.54) is 218 Å². The zero-order valence-corrected chi connectivity index (χ0v) is 46.3. The predicted octanol–water partition coefficient (Wildman–Crippen LogP) is 20.4. The summed E-state index contributed by atoms with van der Waals surface area (Å²) in [5, 5.41) is 0. The summed E-state index contributed by atoms with van der Waals surface area (Å²) in [7, 11) is 0. The quantitative estimate of drug-likeness (QED) is 0.0261. The number of hydrogen-bond acceptors (Lipinski definition) is 6. The predicted molar refractivity (Wildman–Crippen MR) is 298 cm³/mol. The highest BCUT2D eigenvalue weighted by atomic mass is 16.6. The van der Waals surface area contributed by atoms with Crippen molar-refractivity contribution in [2.45, 2.75) is 335 Å². The molecule has 0 fully saturated rings. The maximum absolute atomic E-state index is 12.9. The molecule has 0 aromatic heterocycles. The summed E-state index contributed by atoms with van der Waals surface area (Å²) in [6.45, 7) is 6.64. The highest BCUT2D eigenvalue weighted by molar-refractivity contribution is 5.71. The van der Waals surface area contributed by atoms with Gasteiger partial charge in [-0.3, -0.25) is 14.4 Å². The van der Waals surface area contributed by atoms with Gasteiger partial charge in [0.2, 0.25) is 0 Å². The van der Waals surface area contributed by atoms with Crippen LogP contribution < -0.4 is 0 Å². The molecule has 0 spiro atoms. The third-order valence-corrected chi connectivity index (χ3v) is 13.6. The molecule has 0 N–H and O–H groups in total. The molecule has 0 bridgehead atoms. The first-order valence-electron chi connectivity index (χ1n) is 30.5. The summed E-state index contributed by atoms with van der Waals surface area (Å²) < 4.78 is 16.9. The van der Waals surface area contributed by atoms with Crippen LogP contribution >= 0.6 is 0 Å². The van der Waals surface area contributed by atoms with E-state index in [1.54, 1.807) is 0 Å². The second-order valence-corrected chi connectivity index (χ2v) is 20.6. The van der Waals surface area contributed by atoms with Gasteiger partial charge in [-0.1, -0.05) is 269 Å². The number of carbonyl (C=O) groups is 3. The Morgan fingerprint density at radius 3 is 0.855 bits per heavy atom. The Bertz CT molecular complexity index is 1160. The molecule has 0 aromatic carbocycles. The topological polar surface area (TPSA) is 78.9 Å². The molecule has 6 nitrogen and oxygen atoms in total. The highest BCUT2D eigenvalue weighted by Gasteiger charge is 2.19. The largest absolute Gasteiger partial charge is 0.462 e. The highest BCUT2D eigenvalue weighted by Crippen LogP contribution is 2.17. The fourth-order valence-corrected chi connectivity index (χ4v) is 9.00. The molecule has 6 heteroatoms. The lowest BCUT2D eigenvalue weighted by Gasteiger charge is -2.18. The lowest BCUT2D eigenvalue weighted by atomic mass is 10.0. The van der Waals surface area contributed by atoms with Crippen LogP contribution in [0.4, 0.5) is 0 Å². The smallest absolute Gasteiger partial charge is 0.306 e. The minimum absolute atomic E-state index is 0.0732. The van der Waals surface area contributed by atoms with Crippen LogP contribution in [0.2, 0.25) is 0 Å². The van der Waals surface area contributed by atoms with Crippen molar-refractivity contribution in [3.63, 3.8) is 0 Å². The molecular weight excluding hydrogens is 853 g/mol. The second kappa shape index (κ2) is 58.2. The number of esters is 3. The van der Waals surface area contributed by atoms with Gasteiger partial charge in [-0.25, -0.2) is 0 Å². The third-order valence-electron chi connectivity index (χ3n) is 13.6. The Labute approximate surface area is 429 Å². The van der Waals surface area contributed by atoms with Crippen molar-refractivity contribution in [2.24, 2.45) is 0 Å². The van der Waals surface area contributed by atoms with E-state index in [2.05, 4.69) is 57.2 Å². The number of ether oxygens (including phenoxy) is 3. The molecule has 0 unspecified atom stereocenters. The number of rotatable bonds is 56. The number of unbranched alkanes of at least 4 members (excludes halogenated alkanes) is 39. The van der Waals surface area contributed by atoms with E-state index in [-0.39, 0.29) is 31.1 Å². The van der Waals surface area contributed by atoms with Gasteiger partial charge in [-0.15, -0.1) is 0 Å². The van der Waals surface area contributed by atoms with E-state index in [4.69, 9.17) is 14.2 Å². The van der Waals surface area contributed by atoms with Crippen LogP contribution in [0.3, 0.4) is 0 Å². The Kier molecular flexibility index (Phi) is 56.2. The van der Waals surface area contributed by atoms with Crippen molar-refractivity contribution in [1.82, 2.24) is 0 Å². The third kappa shape index (κ3) is 56.4. The summed E-state index contributed by atoms with van der Waals surface area (Å²) in [4.78, 5) is 38.2. The molecule has 0 aliphatic carbocycles. The molecular formula is C63H116O6. The van der Waals surface area contributed by atoms with Crippen LogP contribution in [0.5, 0.6) is 0 Å². The molecule has 0 saturated heterocycles.